The van der Waals surface area contributed by atoms with Crippen LogP contribution in [0.15, 0.2) is 64.4 Å². The second-order valence-electron chi connectivity index (χ2n) is 6.84. The first-order chi connectivity index (χ1) is 14.8. The number of nitrogens with zero attached hydrogens (tertiary/aromatic N) is 1. The van der Waals surface area contributed by atoms with E-state index in [1.54, 1.807) is 44.4 Å². The fourth-order valence-corrected chi connectivity index (χ4v) is 3.76. The Morgan fingerprint density at radius 1 is 1.03 bits per heavy atom. The van der Waals surface area contributed by atoms with Crippen molar-refractivity contribution in [3.63, 3.8) is 0 Å². The molecule has 8 nitrogen and oxygen atoms in total. The summed E-state index contributed by atoms with van der Waals surface area (Å²) in [5, 5.41) is 0. The SMILES string of the molecule is CCS(=O)(=O)c1ccc(Oc2cc(O[C@@H](C)COC)cc(-c3nccc(=O)[nH]3)c2)cc1. The lowest BCUT2D eigenvalue weighted by Crippen LogP contribution is -2.18. The van der Waals surface area contributed by atoms with Crippen LogP contribution in [0.25, 0.3) is 11.4 Å². The minimum atomic E-state index is -3.29. The molecule has 0 unspecified atom stereocenters. The monoisotopic (exact) mass is 444 g/mol. The number of hydrogen-bond acceptors (Lipinski definition) is 7. The summed E-state index contributed by atoms with van der Waals surface area (Å²) in [4.78, 5) is 18.8. The lowest BCUT2D eigenvalue weighted by Gasteiger charge is -2.16. The first-order valence-corrected chi connectivity index (χ1v) is 11.3. The predicted molar refractivity (Wildman–Crippen MR) is 117 cm³/mol. The van der Waals surface area contributed by atoms with Gasteiger partial charge in [-0.15, -0.1) is 0 Å². The van der Waals surface area contributed by atoms with E-state index in [1.807, 2.05) is 6.92 Å². The van der Waals surface area contributed by atoms with Crippen molar-refractivity contribution in [2.45, 2.75) is 24.8 Å². The summed E-state index contributed by atoms with van der Waals surface area (Å²) in [7, 11) is -1.70. The van der Waals surface area contributed by atoms with E-state index in [1.165, 1.54) is 24.4 Å². The van der Waals surface area contributed by atoms with Gasteiger partial charge in [0.1, 0.15) is 29.2 Å². The summed E-state index contributed by atoms with van der Waals surface area (Å²) in [5.41, 5.74) is 0.319. The first-order valence-electron chi connectivity index (χ1n) is 9.68. The number of benzene rings is 2. The molecule has 0 aliphatic rings. The Bertz CT molecular complexity index is 1190. The van der Waals surface area contributed by atoms with E-state index in [4.69, 9.17) is 14.2 Å². The highest BCUT2D eigenvalue weighted by Crippen LogP contribution is 2.32. The second kappa shape index (κ2) is 9.76. The Morgan fingerprint density at radius 3 is 2.39 bits per heavy atom. The van der Waals surface area contributed by atoms with E-state index in [0.29, 0.717) is 35.2 Å². The van der Waals surface area contributed by atoms with Crippen molar-refractivity contribution < 1.29 is 22.6 Å². The predicted octanol–water partition coefficient (Wildman–Crippen LogP) is 3.44. The molecule has 1 N–H and O–H groups in total. The van der Waals surface area contributed by atoms with Crippen molar-refractivity contribution >= 4 is 9.84 Å². The average molecular weight is 445 g/mol. The van der Waals surface area contributed by atoms with Gasteiger partial charge in [0.25, 0.3) is 5.56 Å². The maximum Gasteiger partial charge on any atom is 0.251 e. The maximum absolute atomic E-state index is 12.0. The van der Waals surface area contributed by atoms with E-state index in [-0.39, 0.29) is 22.3 Å². The van der Waals surface area contributed by atoms with E-state index < -0.39 is 9.84 Å². The summed E-state index contributed by atoms with van der Waals surface area (Å²) in [6.07, 6.45) is 1.21. The smallest absolute Gasteiger partial charge is 0.251 e. The van der Waals surface area contributed by atoms with Gasteiger partial charge in [0.15, 0.2) is 9.84 Å². The van der Waals surface area contributed by atoms with Crippen molar-refractivity contribution in [1.82, 2.24) is 9.97 Å². The van der Waals surface area contributed by atoms with Crippen molar-refractivity contribution in [2.75, 3.05) is 19.5 Å². The van der Waals surface area contributed by atoms with Crippen LogP contribution in [-0.4, -0.2) is 44.0 Å². The quantitative estimate of drug-likeness (QED) is 0.539. The molecular weight excluding hydrogens is 420 g/mol. The van der Waals surface area contributed by atoms with Gasteiger partial charge >= 0.3 is 0 Å². The minimum Gasteiger partial charge on any atom is -0.488 e. The highest BCUT2D eigenvalue weighted by atomic mass is 32.2. The zero-order valence-electron chi connectivity index (χ0n) is 17.5. The number of methoxy groups -OCH3 is 1. The molecule has 31 heavy (non-hydrogen) atoms. The highest BCUT2D eigenvalue weighted by molar-refractivity contribution is 7.91. The average Bonchev–Trinajstić information content (AvgIpc) is 2.74. The van der Waals surface area contributed by atoms with E-state index in [2.05, 4.69) is 9.97 Å². The van der Waals surface area contributed by atoms with Crippen molar-refractivity contribution in [1.29, 1.82) is 0 Å². The van der Waals surface area contributed by atoms with Crippen LogP contribution < -0.4 is 15.0 Å². The molecule has 0 bridgehead atoms. The van der Waals surface area contributed by atoms with Crippen LogP contribution in [-0.2, 0) is 14.6 Å². The zero-order chi connectivity index (χ0) is 22.4. The first kappa shape index (κ1) is 22.5. The molecule has 0 aliphatic carbocycles. The summed E-state index contributed by atoms with van der Waals surface area (Å²) < 4.78 is 40.9. The molecule has 3 aromatic rings. The van der Waals surface area contributed by atoms with E-state index in [0.717, 1.165) is 0 Å². The molecule has 1 heterocycles. The molecule has 0 amide bonds. The molecule has 0 aliphatic heterocycles. The van der Waals surface area contributed by atoms with Crippen molar-refractivity contribution in [3.05, 3.63) is 65.1 Å². The highest BCUT2D eigenvalue weighted by Gasteiger charge is 2.13. The van der Waals surface area contributed by atoms with Crippen LogP contribution in [0.1, 0.15) is 13.8 Å². The van der Waals surface area contributed by atoms with Gasteiger partial charge in [0, 0.05) is 31.0 Å². The summed E-state index contributed by atoms with van der Waals surface area (Å²) in [6, 6.07) is 12.7. The fourth-order valence-electron chi connectivity index (χ4n) is 2.87. The standard InChI is InChI=1S/C22H24N2O6S/c1-4-31(26,27)20-7-5-17(6-8-20)30-19-12-16(22-23-10-9-21(25)24-22)11-18(13-19)29-15(2)14-28-3/h5-13,15H,4,14H2,1-3H3,(H,23,24,25)/t15-/m0/s1. The number of aromatic nitrogens is 2. The molecular formula is C22H24N2O6S. The molecule has 0 spiro atoms. The molecule has 3 rings (SSSR count). The van der Waals surface area contributed by atoms with E-state index in [9.17, 15) is 13.2 Å². The fraction of sp³-hybridized carbons (Fsp3) is 0.273. The van der Waals surface area contributed by atoms with Gasteiger partial charge in [-0.1, -0.05) is 6.92 Å². The van der Waals surface area contributed by atoms with Gasteiger partial charge in [-0.2, -0.15) is 0 Å². The van der Waals surface area contributed by atoms with Crippen molar-refractivity contribution in [3.8, 4) is 28.6 Å². The minimum absolute atomic E-state index is 0.0257. The summed E-state index contributed by atoms with van der Waals surface area (Å²) >= 11 is 0. The second-order valence-corrected chi connectivity index (χ2v) is 9.11. The molecule has 9 heteroatoms. The van der Waals surface area contributed by atoms with Crippen LogP contribution in [0.3, 0.4) is 0 Å². The zero-order valence-corrected chi connectivity index (χ0v) is 18.3. The van der Waals surface area contributed by atoms with Crippen LogP contribution in [0.4, 0.5) is 0 Å². The third-order valence-corrected chi connectivity index (χ3v) is 6.11. The maximum atomic E-state index is 12.0. The lowest BCUT2D eigenvalue weighted by molar-refractivity contribution is 0.0920. The molecule has 0 fully saturated rings. The Hall–Kier alpha value is -3.17. The van der Waals surface area contributed by atoms with Gasteiger partial charge in [0.2, 0.25) is 0 Å². The van der Waals surface area contributed by atoms with Crippen molar-refractivity contribution in [2.24, 2.45) is 0 Å². The summed E-state index contributed by atoms with van der Waals surface area (Å²) in [5.74, 6) is 1.80. The molecule has 2 aromatic carbocycles. The third kappa shape index (κ3) is 5.93. The number of ether oxygens (including phenoxy) is 3. The largest absolute Gasteiger partial charge is 0.488 e. The lowest BCUT2D eigenvalue weighted by atomic mass is 10.2. The van der Waals surface area contributed by atoms with Gasteiger partial charge < -0.3 is 19.2 Å². The number of aromatic amines is 1. The van der Waals surface area contributed by atoms with E-state index >= 15 is 0 Å². The molecule has 0 saturated heterocycles. The Morgan fingerprint density at radius 2 is 1.74 bits per heavy atom. The van der Waals surface area contributed by atoms with Crippen LogP contribution in [0.2, 0.25) is 0 Å². The number of hydrogen-bond donors (Lipinski definition) is 1. The summed E-state index contributed by atoms with van der Waals surface area (Å²) in [6.45, 7) is 3.86. The normalized spacial score (nSPS) is 12.4. The topological polar surface area (TPSA) is 108 Å². The van der Waals surface area contributed by atoms with Gasteiger partial charge in [-0.05, 0) is 43.3 Å². The Kier molecular flexibility index (Phi) is 7.09. The Balaban J connectivity index is 1.94. The number of H-pyrrole nitrogens is 1. The van der Waals surface area contributed by atoms with Gasteiger partial charge in [-0.25, -0.2) is 13.4 Å². The Labute approximate surface area is 180 Å². The molecule has 1 aromatic heterocycles. The van der Waals surface area contributed by atoms with Crippen LogP contribution in [0, 0.1) is 0 Å². The van der Waals surface area contributed by atoms with Crippen LogP contribution >= 0.6 is 0 Å². The third-order valence-electron chi connectivity index (χ3n) is 4.36. The molecule has 0 radical (unpaired) electrons. The van der Waals surface area contributed by atoms with Gasteiger partial charge in [0.05, 0.1) is 17.3 Å². The van der Waals surface area contributed by atoms with Crippen LogP contribution in [0.5, 0.6) is 17.2 Å². The molecule has 0 saturated carbocycles. The number of sulfone groups is 1. The molecule has 1 atom stereocenters. The van der Waals surface area contributed by atoms with Gasteiger partial charge in [-0.3, -0.25) is 4.79 Å². The number of rotatable bonds is 9. The molecule has 164 valence electrons. The number of nitrogens with one attached hydrogen (secondary N) is 1.